The molecule has 0 saturated carbocycles. The maximum atomic E-state index is 9.73. The number of aliphatic hydroxyl groups excluding tert-OH is 1. The topological polar surface area (TPSA) is 29.5 Å². The molecule has 19 heavy (non-hydrogen) atoms. The molecule has 0 unspecified atom stereocenters. The van der Waals surface area contributed by atoms with E-state index < -0.39 is 6.10 Å². The van der Waals surface area contributed by atoms with E-state index in [0.717, 1.165) is 27.5 Å². The van der Waals surface area contributed by atoms with Crippen LogP contribution in [0.15, 0.2) is 36.4 Å². The fraction of sp³-hybridized carbons (Fsp3) is 0.250. The maximum Gasteiger partial charge on any atom is 0.133 e. The van der Waals surface area contributed by atoms with Gasteiger partial charge in [0.2, 0.25) is 0 Å². The Morgan fingerprint density at radius 3 is 2.26 bits per heavy atom. The molecule has 0 spiro atoms. The first-order valence-electron chi connectivity index (χ1n) is 6.20. The first kappa shape index (κ1) is 13.9. The van der Waals surface area contributed by atoms with Crippen LogP contribution in [0.5, 0.6) is 11.5 Å². The second-order valence-electron chi connectivity index (χ2n) is 4.69. The molecule has 0 aromatic heterocycles. The second kappa shape index (κ2) is 5.64. The minimum atomic E-state index is -0.564. The van der Waals surface area contributed by atoms with Gasteiger partial charge in [0.1, 0.15) is 11.5 Å². The number of hydrogen-bond acceptors (Lipinski definition) is 2. The van der Waals surface area contributed by atoms with Gasteiger partial charge in [-0.1, -0.05) is 29.8 Å². The number of aliphatic hydroxyl groups is 1. The van der Waals surface area contributed by atoms with Gasteiger partial charge in [0.05, 0.1) is 6.10 Å². The van der Waals surface area contributed by atoms with E-state index in [4.69, 9.17) is 16.3 Å². The average Bonchev–Trinajstić information content (AvgIpc) is 2.36. The fourth-order valence-electron chi connectivity index (χ4n) is 2.01. The monoisotopic (exact) mass is 276 g/mol. The Hall–Kier alpha value is -1.51. The van der Waals surface area contributed by atoms with E-state index in [2.05, 4.69) is 0 Å². The Labute approximate surface area is 118 Å². The Balaban J connectivity index is 2.37. The number of para-hydroxylation sites is 1. The summed E-state index contributed by atoms with van der Waals surface area (Å²) >= 11 is 6.14. The molecule has 0 bridgehead atoms. The van der Waals surface area contributed by atoms with Crippen molar-refractivity contribution in [2.75, 3.05) is 0 Å². The van der Waals surface area contributed by atoms with Crippen LogP contribution >= 0.6 is 11.6 Å². The van der Waals surface area contributed by atoms with Gasteiger partial charge in [-0.3, -0.25) is 0 Å². The van der Waals surface area contributed by atoms with Crippen LogP contribution in [0.2, 0.25) is 5.02 Å². The molecule has 0 amide bonds. The number of benzene rings is 2. The predicted molar refractivity (Wildman–Crippen MR) is 78.1 cm³/mol. The van der Waals surface area contributed by atoms with Gasteiger partial charge in [0.15, 0.2) is 0 Å². The minimum absolute atomic E-state index is 0.564. The van der Waals surface area contributed by atoms with Crippen molar-refractivity contribution < 1.29 is 9.84 Å². The maximum absolute atomic E-state index is 9.73. The molecule has 2 aromatic carbocycles. The zero-order valence-corrected chi connectivity index (χ0v) is 12.0. The van der Waals surface area contributed by atoms with Crippen molar-refractivity contribution in [3.63, 3.8) is 0 Å². The number of rotatable bonds is 3. The Bertz CT molecular complexity index is 568. The number of aryl methyl sites for hydroxylation is 2. The minimum Gasteiger partial charge on any atom is -0.457 e. The zero-order valence-electron chi connectivity index (χ0n) is 11.3. The molecule has 0 aliphatic heterocycles. The smallest absolute Gasteiger partial charge is 0.133 e. The van der Waals surface area contributed by atoms with Gasteiger partial charge >= 0.3 is 0 Å². The Morgan fingerprint density at radius 2 is 1.68 bits per heavy atom. The summed E-state index contributed by atoms with van der Waals surface area (Å²) < 4.78 is 5.87. The van der Waals surface area contributed by atoms with Crippen LogP contribution in [0, 0.1) is 13.8 Å². The van der Waals surface area contributed by atoms with Crippen LogP contribution in [0.4, 0.5) is 0 Å². The van der Waals surface area contributed by atoms with Gasteiger partial charge in [-0.05, 0) is 50.1 Å². The summed E-state index contributed by atoms with van der Waals surface area (Å²) in [4.78, 5) is 0. The lowest BCUT2D eigenvalue weighted by Crippen LogP contribution is -1.96. The van der Waals surface area contributed by atoms with Crippen molar-refractivity contribution in [1.82, 2.24) is 0 Å². The van der Waals surface area contributed by atoms with Crippen molar-refractivity contribution in [2.45, 2.75) is 26.9 Å². The molecule has 2 rings (SSSR count). The van der Waals surface area contributed by atoms with Crippen molar-refractivity contribution >= 4 is 11.6 Å². The summed E-state index contributed by atoms with van der Waals surface area (Å²) in [6.07, 6.45) is -0.564. The molecule has 0 aliphatic rings. The summed E-state index contributed by atoms with van der Waals surface area (Å²) in [5, 5.41) is 10.5. The summed E-state index contributed by atoms with van der Waals surface area (Å²) in [5.41, 5.74) is 2.73. The molecule has 1 atom stereocenters. The van der Waals surface area contributed by atoms with E-state index in [-0.39, 0.29) is 0 Å². The van der Waals surface area contributed by atoms with Crippen LogP contribution in [0.1, 0.15) is 29.7 Å². The number of hydrogen-bond donors (Lipinski definition) is 1. The van der Waals surface area contributed by atoms with Gasteiger partial charge in [0.25, 0.3) is 0 Å². The van der Waals surface area contributed by atoms with Crippen LogP contribution in [0.3, 0.4) is 0 Å². The third-order valence-corrected chi connectivity index (χ3v) is 3.60. The van der Waals surface area contributed by atoms with Crippen LogP contribution in [0.25, 0.3) is 0 Å². The predicted octanol–water partition coefficient (Wildman–Crippen LogP) is 4.80. The van der Waals surface area contributed by atoms with E-state index >= 15 is 0 Å². The lowest BCUT2D eigenvalue weighted by Gasteiger charge is -2.14. The molecule has 0 heterocycles. The largest absolute Gasteiger partial charge is 0.457 e. The first-order chi connectivity index (χ1) is 8.99. The lowest BCUT2D eigenvalue weighted by atomic mass is 10.1. The van der Waals surface area contributed by atoms with Gasteiger partial charge < -0.3 is 9.84 Å². The summed E-state index contributed by atoms with van der Waals surface area (Å²) in [7, 11) is 0. The standard InChI is InChI=1S/C16H17ClO2/c1-10-8-13(9-11(2)16(10)17)19-15-7-5-4-6-14(15)12(3)18/h4-9,12,18H,1-3H3/t12-/m0/s1. The number of halogens is 1. The van der Waals surface area contributed by atoms with Crippen LogP contribution < -0.4 is 4.74 Å². The molecule has 2 aromatic rings. The van der Waals surface area contributed by atoms with Crippen molar-refractivity contribution in [3.8, 4) is 11.5 Å². The van der Waals surface area contributed by atoms with Crippen molar-refractivity contribution in [3.05, 3.63) is 58.1 Å². The van der Waals surface area contributed by atoms with Gasteiger partial charge in [-0.25, -0.2) is 0 Å². The zero-order chi connectivity index (χ0) is 14.0. The third-order valence-electron chi connectivity index (χ3n) is 3.01. The van der Waals surface area contributed by atoms with E-state index in [0.29, 0.717) is 5.75 Å². The highest BCUT2D eigenvalue weighted by Gasteiger charge is 2.10. The molecule has 2 nitrogen and oxygen atoms in total. The van der Waals surface area contributed by atoms with Crippen molar-refractivity contribution in [1.29, 1.82) is 0 Å². The quantitative estimate of drug-likeness (QED) is 0.872. The highest BCUT2D eigenvalue weighted by atomic mass is 35.5. The van der Waals surface area contributed by atoms with E-state index in [1.54, 1.807) is 6.92 Å². The highest BCUT2D eigenvalue weighted by Crippen LogP contribution is 2.32. The lowest BCUT2D eigenvalue weighted by molar-refractivity contribution is 0.195. The molecule has 3 heteroatoms. The first-order valence-corrected chi connectivity index (χ1v) is 6.58. The molecule has 100 valence electrons. The summed E-state index contributed by atoms with van der Waals surface area (Å²) in [5.74, 6) is 1.39. The van der Waals surface area contributed by atoms with Crippen LogP contribution in [-0.2, 0) is 0 Å². The van der Waals surface area contributed by atoms with E-state index in [9.17, 15) is 5.11 Å². The van der Waals surface area contributed by atoms with Crippen molar-refractivity contribution in [2.24, 2.45) is 0 Å². The van der Waals surface area contributed by atoms with E-state index in [1.807, 2.05) is 50.2 Å². The van der Waals surface area contributed by atoms with Gasteiger partial charge in [-0.15, -0.1) is 0 Å². The normalized spacial score (nSPS) is 12.3. The molecule has 0 saturated heterocycles. The summed E-state index contributed by atoms with van der Waals surface area (Å²) in [6, 6.07) is 11.3. The molecular formula is C16H17ClO2. The Morgan fingerprint density at radius 1 is 1.11 bits per heavy atom. The molecule has 0 fully saturated rings. The van der Waals surface area contributed by atoms with Crippen LogP contribution in [-0.4, -0.2) is 5.11 Å². The SMILES string of the molecule is Cc1cc(Oc2ccccc2[C@H](C)O)cc(C)c1Cl. The fourth-order valence-corrected chi connectivity index (χ4v) is 2.12. The highest BCUT2D eigenvalue weighted by molar-refractivity contribution is 6.32. The second-order valence-corrected chi connectivity index (χ2v) is 5.06. The number of ether oxygens (including phenoxy) is 1. The molecule has 0 radical (unpaired) electrons. The third kappa shape index (κ3) is 3.09. The van der Waals surface area contributed by atoms with Gasteiger partial charge in [0, 0.05) is 10.6 Å². The Kier molecular flexibility index (Phi) is 4.13. The average molecular weight is 277 g/mol. The molecular weight excluding hydrogens is 260 g/mol. The van der Waals surface area contributed by atoms with E-state index in [1.165, 1.54) is 0 Å². The molecule has 1 N–H and O–H groups in total. The molecule has 0 aliphatic carbocycles. The summed E-state index contributed by atoms with van der Waals surface area (Å²) in [6.45, 7) is 5.62. The van der Waals surface area contributed by atoms with Gasteiger partial charge in [-0.2, -0.15) is 0 Å².